The fraction of sp³-hybridized carbons (Fsp3) is 0.421. The molecule has 0 saturated heterocycles. The number of carbonyl (C=O) groups excluding carboxylic acids is 2. The van der Waals surface area contributed by atoms with E-state index >= 15 is 0 Å². The van der Waals surface area contributed by atoms with Crippen molar-refractivity contribution in [2.45, 2.75) is 52.7 Å². The maximum Gasteiger partial charge on any atom is 0.435 e. The summed E-state index contributed by atoms with van der Waals surface area (Å²) in [5.41, 5.74) is 0.781. The van der Waals surface area contributed by atoms with Gasteiger partial charge in [-0.15, -0.1) is 0 Å². The smallest absolute Gasteiger partial charge is 0.435 e. The highest BCUT2D eigenvalue weighted by atomic mass is 16.6. The molecular weight excluding hydrogens is 334 g/mol. The van der Waals surface area contributed by atoms with E-state index in [0.717, 1.165) is 5.56 Å². The molecule has 0 aliphatic carbocycles. The maximum atomic E-state index is 12.3. The normalized spacial score (nSPS) is 11.8. The second-order valence-electron chi connectivity index (χ2n) is 7.81. The number of nitrogens with zero attached hydrogens (tertiary/aromatic N) is 2. The largest absolute Gasteiger partial charge is 0.444 e. The van der Waals surface area contributed by atoms with Gasteiger partial charge in [-0.3, -0.25) is 5.32 Å². The Labute approximate surface area is 153 Å². The number of rotatable bonds is 2. The van der Waals surface area contributed by atoms with Crippen LogP contribution in [0.15, 0.2) is 36.5 Å². The molecule has 0 unspecified atom stereocenters. The van der Waals surface area contributed by atoms with Crippen molar-refractivity contribution in [2.75, 3.05) is 5.32 Å². The summed E-state index contributed by atoms with van der Waals surface area (Å²) in [6.45, 7) is 10.8. The van der Waals surface area contributed by atoms with Crippen LogP contribution in [0.5, 0.6) is 0 Å². The minimum absolute atomic E-state index is 0.524. The molecule has 0 bridgehead atoms. The van der Waals surface area contributed by atoms with Crippen molar-refractivity contribution in [1.29, 1.82) is 0 Å². The molecule has 1 heterocycles. The number of nitrogens with one attached hydrogen (secondary N) is 1. The van der Waals surface area contributed by atoms with Gasteiger partial charge in [0, 0.05) is 11.3 Å². The number of hydrogen-bond acceptors (Lipinski definition) is 5. The van der Waals surface area contributed by atoms with Crippen molar-refractivity contribution in [2.24, 2.45) is 0 Å². The Balaban J connectivity index is 2.13. The molecule has 1 N–H and O–H groups in total. The van der Waals surface area contributed by atoms with E-state index in [4.69, 9.17) is 9.47 Å². The minimum Gasteiger partial charge on any atom is -0.444 e. The van der Waals surface area contributed by atoms with E-state index in [9.17, 15) is 9.59 Å². The number of aromatic nitrogens is 2. The number of ether oxygens (including phenoxy) is 2. The molecule has 7 nitrogen and oxygen atoms in total. The highest BCUT2D eigenvalue weighted by Crippen LogP contribution is 2.22. The first kappa shape index (κ1) is 19.5. The van der Waals surface area contributed by atoms with Gasteiger partial charge in [0.1, 0.15) is 11.2 Å². The molecule has 0 spiro atoms. The summed E-state index contributed by atoms with van der Waals surface area (Å²) >= 11 is 0. The van der Waals surface area contributed by atoms with Crippen molar-refractivity contribution >= 4 is 17.9 Å². The molecule has 0 saturated carbocycles. The quantitative estimate of drug-likeness (QED) is 0.842. The number of anilines is 1. The molecule has 0 atom stereocenters. The average molecular weight is 359 g/mol. The lowest BCUT2D eigenvalue weighted by molar-refractivity contribution is 0.0517. The van der Waals surface area contributed by atoms with Crippen molar-refractivity contribution in [3.8, 4) is 11.3 Å². The van der Waals surface area contributed by atoms with Crippen LogP contribution < -0.4 is 5.32 Å². The Morgan fingerprint density at radius 3 is 2.04 bits per heavy atom. The van der Waals surface area contributed by atoms with Gasteiger partial charge in [-0.25, -0.2) is 9.59 Å². The summed E-state index contributed by atoms with van der Waals surface area (Å²) < 4.78 is 11.8. The molecule has 0 aliphatic rings. The van der Waals surface area contributed by atoms with Gasteiger partial charge in [0.15, 0.2) is 0 Å². The third kappa shape index (κ3) is 5.61. The fourth-order valence-electron chi connectivity index (χ4n) is 2.12. The second kappa shape index (κ2) is 7.19. The third-order valence-electron chi connectivity index (χ3n) is 3.04. The van der Waals surface area contributed by atoms with Gasteiger partial charge in [-0.2, -0.15) is 9.78 Å². The number of hydrogen-bond donors (Lipinski definition) is 1. The summed E-state index contributed by atoms with van der Waals surface area (Å²) in [6.07, 6.45) is 0.462. The van der Waals surface area contributed by atoms with Crippen LogP contribution in [0, 0.1) is 0 Å². The third-order valence-corrected chi connectivity index (χ3v) is 3.04. The van der Waals surface area contributed by atoms with Gasteiger partial charge in [0.05, 0.1) is 11.9 Å². The average Bonchev–Trinajstić information content (AvgIpc) is 2.93. The first-order valence-corrected chi connectivity index (χ1v) is 8.32. The van der Waals surface area contributed by atoms with Crippen LogP contribution in [-0.4, -0.2) is 33.2 Å². The summed E-state index contributed by atoms with van der Waals surface area (Å²) in [5.74, 6) is 0. The van der Waals surface area contributed by atoms with Crippen LogP contribution in [0.1, 0.15) is 41.5 Å². The van der Waals surface area contributed by atoms with Gasteiger partial charge < -0.3 is 9.47 Å². The highest BCUT2D eigenvalue weighted by Gasteiger charge is 2.21. The van der Waals surface area contributed by atoms with Gasteiger partial charge in [-0.05, 0) is 59.7 Å². The molecule has 140 valence electrons. The van der Waals surface area contributed by atoms with Crippen LogP contribution in [0.3, 0.4) is 0 Å². The molecule has 1 aromatic carbocycles. The Hall–Kier alpha value is -2.83. The van der Waals surface area contributed by atoms with Crippen molar-refractivity contribution in [3.05, 3.63) is 36.5 Å². The van der Waals surface area contributed by atoms with E-state index in [-0.39, 0.29) is 0 Å². The molecule has 2 rings (SSSR count). The molecule has 0 aliphatic heterocycles. The first-order valence-electron chi connectivity index (χ1n) is 8.32. The standard InChI is InChI=1S/C19H25N3O4/c1-18(2,3)25-16(23)21-14-9-7-13(8-10-14)15-11-12-20-22(15)17(24)26-19(4,5)6/h7-12H,1-6H3,(H,21,23). The van der Waals surface area contributed by atoms with Crippen LogP contribution in [0.25, 0.3) is 11.3 Å². The van der Waals surface area contributed by atoms with Gasteiger partial charge in [-0.1, -0.05) is 12.1 Å². The highest BCUT2D eigenvalue weighted by molar-refractivity contribution is 5.85. The summed E-state index contributed by atoms with van der Waals surface area (Å²) in [7, 11) is 0. The summed E-state index contributed by atoms with van der Waals surface area (Å²) in [5, 5.41) is 6.70. The Morgan fingerprint density at radius 1 is 0.923 bits per heavy atom. The number of amides is 1. The molecular formula is C19H25N3O4. The van der Waals surface area contributed by atoms with Crippen molar-refractivity contribution < 1.29 is 19.1 Å². The number of benzene rings is 1. The molecule has 1 aromatic heterocycles. The van der Waals surface area contributed by atoms with Crippen LogP contribution in [0.4, 0.5) is 15.3 Å². The number of carbonyl (C=O) groups is 2. The van der Waals surface area contributed by atoms with Crippen LogP contribution >= 0.6 is 0 Å². The molecule has 7 heteroatoms. The SMILES string of the molecule is CC(C)(C)OC(=O)Nc1ccc(-c2ccnn2C(=O)OC(C)(C)C)cc1. The Bertz CT molecular complexity index is 780. The lowest BCUT2D eigenvalue weighted by atomic mass is 10.1. The topological polar surface area (TPSA) is 82.5 Å². The zero-order valence-corrected chi connectivity index (χ0v) is 16.0. The molecule has 0 fully saturated rings. The lowest BCUT2D eigenvalue weighted by Gasteiger charge is -2.20. The van der Waals surface area contributed by atoms with Crippen LogP contribution in [0.2, 0.25) is 0 Å². The predicted molar refractivity (Wildman–Crippen MR) is 99.2 cm³/mol. The van der Waals surface area contributed by atoms with Gasteiger partial charge in [0.25, 0.3) is 0 Å². The molecule has 26 heavy (non-hydrogen) atoms. The minimum atomic E-state index is -0.610. The Morgan fingerprint density at radius 2 is 1.50 bits per heavy atom. The fourth-order valence-corrected chi connectivity index (χ4v) is 2.12. The molecule has 1 amide bonds. The van der Waals surface area contributed by atoms with E-state index in [0.29, 0.717) is 11.4 Å². The second-order valence-corrected chi connectivity index (χ2v) is 7.81. The van der Waals surface area contributed by atoms with E-state index in [1.54, 1.807) is 71.9 Å². The summed E-state index contributed by atoms with van der Waals surface area (Å²) in [4.78, 5) is 24.1. The lowest BCUT2D eigenvalue weighted by Crippen LogP contribution is -2.28. The maximum absolute atomic E-state index is 12.3. The zero-order valence-electron chi connectivity index (χ0n) is 16.0. The van der Waals surface area contributed by atoms with Crippen molar-refractivity contribution in [3.63, 3.8) is 0 Å². The van der Waals surface area contributed by atoms with E-state index in [1.807, 2.05) is 0 Å². The first-order chi connectivity index (χ1) is 11.9. The van der Waals surface area contributed by atoms with E-state index < -0.39 is 23.4 Å². The van der Waals surface area contributed by atoms with Gasteiger partial charge >= 0.3 is 12.2 Å². The monoisotopic (exact) mass is 359 g/mol. The van der Waals surface area contributed by atoms with E-state index in [2.05, 4.69) is 10.4 Å². The zero-order chi connectivity index (χ0) is 19.5. The van der Waals surface area contributed by atoms with Gasteiger partial charge in [0.2, 0.25) is 0 Å². The molecule has 2 aromatic rings. The van der Waals surface area contributed by atoms with Crippen LogP contribution in [-0.2, 0) is 9.47 Å². The Kier molecular flexibility index (Phi) is 5.39. The molecule has 0 radical (unpaired) electrons. The van der Waals surface area contributed by atoms with E-state index in [1.165, 1.54) is 10.9 Å². The summed E-state index contributed by atoms with van der Waals surface area (Å²) in [6, 6.07) is 8.74. The van der Waals surface area contributed by atoms with Crippen molar-refractivity contribution in [1.82, 2.24) is 9.78 Å². The predicted octanol–water partition coefficient (Wildman–Crippen LogP) is 4.68.